The summed E-state index contributed by atoms with van der Waals surface area (Å²) < 4.78 is 5.47. The minimum atomic E-state index is -0.317. The van der Waals surface area contributed by atoms with Crippen LogP contribution in [0, 0.1) is 0 Å². The SMILES string of the molecule is CNC(=O)Nc1cccc(CC(N)c2ccccc2-c2noc3ccccc23)n1. The topological polar surface area (TPSA) is 106 Å². The molecule has 7 nitrogen and oxygen atoms in total. The molecule has 0 aliphatic carbocycles. The third kappa shape index (κ3) is 3.95. The summed E-state index contributed by atoms with van der Waals surface area (Å²) >= 11 is 0. The van der Waals surface area contributed by atoms with Crippen molar-refractivity contribution in [3.63, 3.8) is 0 Å². The Labute approximate surface area is 167 Å². The second-order valence-electron chi connectivity index (χ2n) is 6.64. The van der Waals surface area contributed by atoms with Gasteiger partial charge >= 0.3 is 6.03 Å². The molecule has 1 unspecified atom stereocenters. The highest BCUT2D eigenvalue weighted by Crippen LogP contribution is 2.33. The van der Waals surface area contributed by atoms with Crippen molar-refractivity contribution in [3.05, 3.63) is 78.0 Å². The summed E-state index contributed by atoms with van der Waals surface area (Å²) in [5.41, 5.74) is 10.7. The second-order valence-corrected chi connectivity index (χ2v) is 6.64. The van der Waals surface area contributed by atoms with Crippen LogP contribution in [-0.2, 0) is 6.42 Å². The first-order valence-corrected chi connectivity index (χ1v) is 9.29. The molecular weight excluding hydrogens is 366 g/mol. The van der Waals surface area contributed by atoms with Gasteiger partial charge in [-0.2, -0.15) is 0 Å². The van der Waals surface area contributed by atoms with E-state index in [0.29, 0.717) is 12.2 Å². The molecular formula is C22H21N5O2. The molecule has 0 aliphatic heterocycles. The number of fused-ring (bicyclic) bond motifs is 1. The van der Waals surface area contributed by atoms with Gasteiger partial charge in [0.2, 0.25) is 0 Å². The summed E-state index contributed by atoms with van der Waals surface area (Å²) in [4.78, 5) is 16.0. The summed E-state index contributed by atoms with van der Waals surface area (Å²) in [6.45, 7) is 0. The highest BCUT2D eigenvalue weighted by Gasteiger charge is 2.18. The van der Waals surface area contributed by atoms with Crippen LogP contribution in [0.5, 0.6) is 0 Å². The molecule has 146 valence electrons. The van der Waals surface area contributed by atoms with Gasteiger partial charge in [0, 0.05) is 36.2 Å². The van der Waals surface area contributed by atoms with Gasteiger partial charge in [-0.25, -0.2) is 9.78 Å². The van der Waals surface area contributed by atoms with Crippen molar-refractivity contribution in [1.29, 1.82) is 0 Å². The van der Waals surface area contributed by atoms with Crippen molar-refractivity contribution in [1.82, 2.24) is 15.5 Å². The Morgan fingerprint density at radius 3 is 2.72 bits per heavy atom. The van der Waals surface area contributed by atoms with E-state index in [1.807, 2.05) is 60.7 Å². The van der Waals surface area contributed by atoms with Crippen LogP contribution in [0.1, 0.15) is 17.3 Å². The number of nitrogens with one attached hydrogen (secondary N) is 2. The molecule has 2 heterocycles. The first-order valence-electron chi connectivity index (χ1n) is 9.29. The van der Waals surface area contributed by atoms with Gasteiger partial charge < -0.3 is 15.6 Å². The fourth-order valence-electron chi connectivity index (χ4n) is 3.29. The van der Waals surface area contributed by atoms with Crippen LogP contribution in [0.25, 0.3) is 22.2 Å². The number of rotatable bonds is 5. The molecule has 1 atom stereocenters. The van der Waals surface area contributed by atoms with E-state index in [9.17, 15) is 4.79 Å². The van der Waals surface area contributed by atoms with E-state index in [0.717, 1.165) is 33.5 Å². The van der Waals surface area contributed by atoms with E-state index in [2.05, 4.69) is 20.8 Å². The Kier molecular flexibility index (Phi) is 5.22. The summed E-state index contributed by atoms with van der Waals surface area (Å²) in [6.07, 6.45) is 0.510. The summed E-state index contributed by atoms with van der Waals surface area (Å²) in [5.74, 6) is 0.477. The minimum Gasteiger partial charge on any atom is -0.356 e. The van der Waals surface area contributed by atoms with Crippen molar-refractivity contribution in [3.8, 4) is 11.3 Å². The first-order chi connectivity index (χ1) is 14.2. The molecule has 2 aromatic carbocycles. The lowest BCUT2D eigenvalue weighted by Gasteiger charge is -2.16. The fourth-order valence-corrected chi connectivity index (χ4v) is 3.29. The van der Waals surface area contributed by atoms with E-state index < -0.39 is 0 Å². The number of hydrogen-bond donors (Lipinski definition) is 3. The average molecular weight is 387 g/mol. The molecule has 0 radical (unpaired) electrons. The van der Waals surface area contributed by atoms with E-state index in [4.69, 9.17) is 10.3 Å². The van der Waals surface area contributed by atoms with Gasteiger partial charge in [0.25, 0.3) is 0 Å². The van der Waals surface area contributed by atoms with Crippen molar-refractivity contribution in [2.75, 3.05) is 12.4 Å². The maximum Gasteiger partial charge on any atom is 0.320 e. The highest BCUT2D eigenvalue weighted by atomic mass is 16.5. The summed E-state index contributed by atoms with van der Waals surface area (Å²) in [7, 11) is 1.56. The monoisotopic (exact) mass is 387 g/mol. The molecule has 0 saturated heterocycles. The van der Waals surface area contributed by atoms with E-state index in [1.54, 1.807) is 13.1 Å². The predicted octanol–water partition coefficient (Wildman–Crippen LogP) is 3.88. The lowest BCUT2D eigenvalue weighted by atomic mass is 9.94. The van der Waals surface area contributed by atoms with Gasteiger partial charge in [0.1, 0.15) is 11.5 Å². The van der Waals surface area contributed by atoms with E-state index >= 15 is 0 Å². The molecule has 2 aromatic heterocycles. The molecule has 0 bridgehead atoms. The van der Waals surface area contributed by atoms with Crippen LogP contribution >= 0.6 is 0 Å². The molecule has 29 heavy (non-hydrogen) atoms. The van der Waals surface area contributed by atoms with Gasteiger partial charge in [-0.15, -0.1) is 0 Å². The van der Waals surface area contributed by atoms with Crippen LogP contribution < -0.4 is 16.4 Å². The summed E-state index contributed by atoms with van der Waals surface area (Å²) in [5, 5.41) is 10.4. The molecule has 0 fully saturated rings. The quantitative estimate of drug-likeness (QED) is 0.482. The van der Waals surface area contributed by atoms with Crippen molar-refractivity contribution in [2.24, 2.45) is 5.73 Å². The number of aromatic nitrogens is 2. The van der Waals surface area contributed by atoms with Gasteiger partial charge in [-0.1, -0.05) is 47.6 Å². The third-order valence-electron chi connectivity index (χ3n) is 4.70. The number of urea groups is 1. The van der Waals surface area contributed by atoms with E-state index in [-0.39, 0.29) is 12.1 Å². The fraction of sp³-hybridized carbons (Fsp3) is 0.136. The first kappa shape index (κ1) is 18.6. The number of amides is 2. The number of para-hydroxylation sites is 1. The number of pyridine rings is 1. The zero-order chi connectivity index (χ0) is 20.2. The summed E-state index contributed by atoms with van der Waals surface area (Å²) in [6, 6.07) is 20.5. The smallest absolute Gasteiger partial charge is 0.320 e. The van der Waals surface area contributed by atoms with Crippen LogP contribution in [0.2, 0.25) is 0 Å². The normalized spacial score (nSPS) is 11.9. The largest absolute Gasteiger partial charge is 0.356 e. The highest BCUT2D eigenvalue weighted by molar-refractivity contribution is 5.92. The van der Waals surface area contributed by atoms with Gasteiger partial charge in [-0.3, -0.25) is 5.32 Å². The number of benzene rings is 2. The van der Waals surface area contributed by atoms with Crippen molar-refractivity contribution >= 4 is 22.8 Å². The Morgan fingerprint density at radius 1 is 1.07 bits per heavy atom. The van der Waals surface area contributed by atoms with Crippen LogP contribution in [0.3, 0.4) is 0 Å². The number of nitrogens with two attached hydrogens (primary N) is 1. The van der Waals surface area contributed by atoms with Crippen LogP contribution in [0.15, 0.2) is 71.3 Å². The molecule has 0 aliphatic rings. The Hall–Kier alpha value is -3.71. The number of carbonyl (C=O) groups is 1. The Morgan fingerprint density at radius 2 is 1.86 bits per heavy atom. The number of nitrogens with zero attached hydrogens (tertiary/aromatic N) is 2. The van der Waals surface area contributed by atoms with Gasteiger partial charge in [-0.05, 0) is 29.8 Å². The van der Waals surface area contributed by atoms with Crippen LogP contribution in [0.4, 0.5) is 10.6 Å². The number of anilines is 1. The molecule has 4 aromatic rings. The van der Waals surface area contributed by atoms with Crippen LogP contribution in [-0.4, -0.2) is 23.2 Å². The standard InChI is InChI=1S/C22H21N5O2/c1-24-22(28)26-20-12-6-7-14(25-20)13-18(23)15-8-2-3-9-16(15)21-17-10-4-5-11-19(17)29-27-21/h2-12,18H,13,23H2,1H3,(H2,24,25,26,28). The number of hydrogen-bond acceptors (Lipinski definition) is 5. The lowest BCUT2D eigenvalue weighted by Crippen LogP contribution is -2.25. The molecule has 4 rings (SSSR count). The minimum absolute atomic E-state index is 0.301. The predicted molar refractivity (Wildman–Crippen MR) is 112 cm³/mol. The lowest BCUT2D eigenvalue weighted by molar-refractivity contribution is 0.254. The van der Waals surface area contributed by atoms with E-state index in [1.165, 1.54) is 0 Å². The third-order valence-corrected chi connectivity index (χ3v) is 4.70. The number of carbonyl (C=O) groups excluding carboxylic acids is 1. The Bertz CT molecular complexity index is 1150. The zero-order valence-electron chi connectivity index (χ0n) is 15.9. The van der Waals surface area contributed by atoms with Crippen molar-refractivity contribution in [2.45, 2.75) is 12.5 Å². The zero-order valence-corrected chi connectivity index (χ0v) is 15.9. The molecule has 0 saturated carbocycles. The second kappa shape index (κ2) is 8.12. The average Bonchev–Trinajstić information content (AvgIpc) is 3.18. The maximum absolute atomic E-state index is 11.5. The van der Waals surface area contributed by atoms with Crippen molar-refractivity contribution < 1.29 is 9.32 Å². The molecule has 4 N–H and O–H groups in total. The molecule has 0 spiro atoms. The van der Waals surface area contributed by atoms with Gasteiger partial charge in [0.15, 0.2) is 5.58 Å². The molecule has 7 heteroatoms. The molecule has 2 amide bonds. The van der Waals surface area contributed by atoms with Gasteiger partial charge in [0.05, 0.1) is 0 Å². The Balaban J connectivity index is 1.63. The maximum atomic E-state index is 11.5.